The molecule has 0 bridgehead atoms. The monoisotopic (exact) mass is 393 g/mol. The number of nitrogens with zero attached hydrogens (tertiary/aromatic N) is 3. The fraction of sp³-hybridized carbons (Fsp3) is 0.409. The molecule has 2 unspecified atom stereocenters. The lowest BCUT2D eigenvalue weighted by atomic mass is 9.75. The van der Waals surface area contributed by atoms with E-state index in [4.69, 9.17) is 14.7 Å². The summed E-state index contributed by atoms with van der Waals surface area (Å²) in [6.07, 6.45) is -0.271. The normalized spacial score (nSPS) is 18.5. The summed E-state index contributed by atoms with van der Waals surface area (Å²) >= 11 is 0. The van der Waals surface area contributed by atoms with Gasteiger partial charge in [0, 0.05) is 17.3 Å². The average Bonchev–Trinajstić information content (AvgIpc) is 2.66. The first-order valence-electron chi connectivity index (χ1n) is 9.30. The molecule has 0 saturated heterocycles. The van der Waals surface area contributed by atoms with Crippen molar-refractivity contribution in [1.82, 2.24) is 0 Å². The molecule has 29 heavy (non-hydrogen) atoms. The third-order valence-electron chi connectivity index (χ3n) is 4.48. The van der Waals surface area contributed by atoms with Crippen molar-refractivity contribution < 1.29 is 19.1 Å². The summed E-state index contributed by atoms with van der Waals surface area (Å²) in [6, 6.07) is 10.8. The second-order valence-corrected chi connectivity index (χ2v) is 6.97. The molecular weight excluding hydrogens is 370 g/mol. The highest BCUT2D eigenvalue weighted by Gasteiger charge is 2.42. The van der Waals surface area contributed by atoms with Crippen molar-refractivity contribution in [2.45, 2.75) is 46.1 Å². The zero-order valence-corrected chi connectivity index (χ0v) is 16.9. The maximum atomic E-state index is 12.9. The van der Waals surface area contributed by atoms with Gasteiger partial charge in [-0.1, -0.05) is 12.1 Å². The molecule has 1 aromatic carbocycles. The highest BCUT2D eigenvalue weighted by Crippen LogP contribution is 2.40. The molecule has 0 spiro atoms. The van der Waals surface area contributed by atoms with Gasteiger partial charge in [0.2, 0.25) is 0 Å². The van der Waals surface area contributed by atoms with Crippen LogP contribution in [0.15, 0.2) is 40.5 Å². The van der Waals surface area contributed by atoms with E-state index in [-0.39, 0.29) is 24.7 Å². The lowest BCUT2D eigenvalue weighted by Crippen LogP contribution is -2.37. The van der Waals surface area contributed by atoms with Crippen molar-refractivity contribution >= 4 is 17.7 Å². The minimum absolute atomic E-state index is 0.0547. The minimum atomic E-state index is -0.825. The van der Waals surface area contributed by atoms with Crippen LogP contribution in [0.3, 0.4) is 0 Å². The van der Waals surface area contributed by atoms with Crippen molar-refractivity contribution in [3.8, 4) is 12.1 Å². The zero-order chi connectivity index (χ0) is 21.6. The largest absolute Gasteiger partial charge is 0.462 e. The van der Waals surface area contributed by atoms with Crippen molar-refractivity contribution in [1.29, 1.82) is 10.5 Å². The van der Waals surface area contributed by atoms with Crippen molar-refractivity contribution in [2.75, 3.05) is 6.61 Å². The Balaban J connectivity index is 2.59. The van der Waals surface area contributed by atoms with Crippen LogP contribution in [0.25, 0.3) is 0 Å². The number of hydrogen-bond acceptors (Lipinski definition) is 7. The average molecular weight is 393 g/mol. The van der Waals surface area contributed by atoms with Gasteiger partial charge in [-0.3, -0.25) is 9.79 Å². The number of esters is 2. The molecule has 1 aliphatic rings. The summed E-state index contributed by atoms with van der Waals surface area (Å²) in [5.41, 5.74) is 2.22. The summed E-state index contributed by atoms with van der Waals surface area (Å²) < 4.78 is 10.7. The van der Waals surface area contributed by atoms with Gasteiger partial charge in [0.25, 0.3) is 0 Å². The Morgan fingerprint density at radius 2 is 1.97 bits per heavy atom. The summed E-state index contributed by atoms with van der Waals surface area (Å²) in [4.78, 5) is 30.2. The second-order valence-electron chi connectivity index (χ2n) is 6.97. The van der Waals surface area contributed by atoms with E-state index in [1.54, 1.807) is 52.0 Å². The Morgan fingerprint density at radius 3 is 2.59 bits per heavy atom. The lowest BCUT2D eigenvalue weighted by molar-refractivity contribution is -0.150. The third kappa shape index (κ3) is 5.08. The fourth-order valence-corrected chi connectivity index (χ4v) is 3.34. The maximum Gasteiger partial charge on any atom is 0.336 e. The molecule has 2 rings (SSSR count). The van der Waals surface area contributed by atoms with E-state index in [2.05, 4.69) is 11.1 Å². The first-order chi connectivity index (χ1) is 13.8. The van der Waals surface area contributed by atoms with Gasteiger partial charge in [0.15, 0.2) is 0 Å². The summed E-state index contributed by atoms with van der Waals surface area (Å²) in [7, 11) is 0. The molecular formula is C22H23N3O4. The number of nitriles is 2. The minimum Gasteiger partial charge on any atom is -0.462 e. The van der Waals surface area contributed by atoms with Gasteiger partial charge in [-0.15, -0.1) is 0 Å². The van der Waals surface area contributed by atoms with Crippen molar-refractivity contribution in [3.63, 3.8) is 0 Å². The predicted octanol–water partition coefficient (Wildman–Crippen LogP) is 3.42. The highest BCUT2D eigenvalue weighted by molar-refractivity contribution is 6.07. The number of carbonyl (C=O) groups excluding carboxylic acids is 2. The number of ether oxygens (including phenoxy) is 2. The Hall–Kier alpha value is -3.45. The molecule has 1 aromatic rings. The van der Waals surface area contributed by atoms with Crippen LogP contribution in [0.5, 0.6) is 0 Å². The topological polar surface area (TPSA) is 113 Å². The van der Waals surface area contributed by atoms with Gasteiger partial charge in [-0.2, -0.15) is 10.5 Å². The second kappa shape index (κ2) is 9.66. The van der Waals surface area contributed by atoms with E-state index in [1.807, 2.05) is 6.07 Å². The first kappa shape index (κ1) is 21.8. The number of benzene rings is 1. The van der Waals surface area contributed by atoms with E-state index >= 15 is 0 Å². The molecule has 0 fully saturated rings. The SMILES string of the molecule is CC1=NC(C)=C(C(=O)OCCC#N)C(c2cccc(C#N)c2)C1C(=O)OC(C)C. The van der Waals surface area contributed by atoms with E-state index in [0.29, 0.717) is 22.5 Å². The molecule has 0 N–H and O–H groups in total. The van der Waals surface area contributed by atoms with E-state index in [9.17, 15) is 14.9 Å². The predicted molar refractivity (Wildman–Crippen MR) is 106 cm³/mol. The number of hydrogen-bond donors (Lipinski definition) is 0. The molecule has 1 heterocycles. The van der Waals surface area contributed by atoms with Crippen LogP contribution in [0.2, 0.25) is 0 Å². The van der Waals surface area contributed by atoms with Gasteiger partial charge in [0.1, 0.15) is 12.5 Å². The van der Waals surface area contributed by atoms with Crippen LogP contribution in [-0.4, -0.2) is 30.4 Å². The van der Waals surface area contributed by atoms with Gasteiger partial charge in [-0.25, -0.2) is 4.79 Å². The van der Waals surface area contributed by atoms with Crippen molar-refractivity contribution in [2.24, 2.45) is 10.9 Å². The van der Waals surface area contributed by atoms with E-state index < -0.39 is 23.8 Å². The van der Waals surface area contributed by atoms with Crippen LogP contribution >= 0.6 is 0 Å². The van der Waals surface area contributed by atoms with Gasteiger partial charge in [0.05, 0.1) is 35.8 Å². The molecule has 0 radical (unpaired) electrons. The van der Waals surface area contributed by atoms with E-state index in [0.717, 1.165) is 0 Å². The Kier molecular flexibility index (Phi) is 7.27. The molecule has 0 saturated carbocycles. The molecule has 7 heteroatoms. The Morgan fingerprint density at radius 1 is 1.24 bits per heavy atom. The highest BCUT2D eigenvalue weighted by atomic mass is 16.5. The molecule has 150 valence electrons. The number of carbonyl (C=O) groups is 2. The summed E-state index contributed by atoms with van der Waals surface area (Å²) in [5, 5.41) is 18.0. The fourth-order valence-electron chi connectivity index (χ4n) is 3.34. The Labute approximate surface area is 170 Å². The molecule has 1 aliphatic heterocycles. The van der Waals surface area contributed by atoms with Crippen LogP contribution in [-0.2, 0) is 19.1 Å². The lowest BCUT2D eigenvalue weighted by Gasteiger charge is -2.32. The van der Waals surface area contributed by atoms with Crippen LogP contribution in [0.4, 0.5) is 0 Å². The molecule has 7 nitrogen and oxygen atoms in total. The molecule has 0 amide bonds. The van der Waals surface area contributed by atoms with Crippen LogP contribution < -0.4 is 0 Å². The van der Waals surface area contributed by atoms with Crippen molar-refractivity contribution in [3.05, 3.63) is 46.7 Å². The summed E-state index contributed by atoms with van der Waals surface area (Å²) in [6.45, 7) is 6.83. The van der Waals surface area contributed by atoms with Crippen LogP contribution in [0, 0.1) is 28.6 Å². The third-order valence-corrected chi connectivity index (χ3v) is 4.48. The zero-order valence-electron chi connectivity index (χ0n) is 16.9. The van der Waals surface area contributed by atoms with E-state index in [1.165, 1.54) is 0 Å². The Bertz CT molecular complexity index is 948. The van der Waals surface area contributed by atoms with Gasteiger partial charge >= 0.3 is 11.9 Å². The smallest absolute Gasteiger partial charge is 0.336 e. The number of aliphatic imine (C=N–C) groups is 1. The standard InChI is InChI=1S/C22H23N3O4/c1-13(2)29-22(27)19-15(4)25-14(3)18(21(26)28-10-6-9-23)20(19)17-8-5-7-16(11-17)12-24/h5,7-8,11,13,19-20H,6,10H2,1-4H3. The maximum absolute atomic E-state index is 12.9. The molecule has 0 aromatic heterocycles. The molecule has 0 aliphatic carbocycles. The first-order valence-corrected chi connectivity index (χ1v) is 9.30. The number of allylic oxidation sites excluding steroid dienone is 1. The molecule has 2 atom stereocenters. The number of rotatable bonds is 6. The quantitative estimate of drug-likeness (QED) is 0.541. The van der Waals surface area contributed by atoms with Gasteiger partial charge in [-0.05, 0) is 45.4 Å². The van der Waals surface area contributed by atoms with Gasteiger partial charge < -0.3 is 9.47 Å². The summed E-state index contributed by atoms with van der Waals surface area (Å²) in [5.74, 6) is -2.66. The van der Waals surface area contributed by atoms with Crippen LogP contribution in [0.1, 0.15) is 51.2 Å².